The van der Waals surface area contributed by atoms with Crippen molar-refractivity contribution in [2.75, 3.05) is 7.11 Å². The monoisotopic (exact) mass is 227 g/mol. The van der Waals surface area contributed by atoms with Gasteiger partial charge in [0.1, 0.15) is 6.04 Å². The van der Waals surface area contributed by atoms with Gasteiger partial charge in [0, 0.05) is 11.3 Å². The molecule has 1 heterocycles. The lowest BCUT2D eigenvalue weighted by atomic mass is 10.1. The van der Waals surface area contributed by atoms with Gasteiger partial charge >= 0.3 is 5.97 Å². The van der Waals surface area contributed by atoms with E-state index in [2.05, 4.69) is 4.74 Å². The van der Waals surface area contributed by atoms with Crippen LogP contribution in [0.1, 0.15) is 21.0 Å². The fraction of sp³-hybridized carbons (Fsp3) is 0.400. The number of esters is 1. The molecule has 0 bridgehead atoms. The number of Topliss-reactive ketones (excluding diaryl/α,β-unsaturated/α-hetero) is 1. The zero-order valence-corrected chi connectivity index (χ0v) is 9.47. The first-order valence-corrected chi connectivity index (χ1v) is 5.29. The highest BCUT2D eigenvalue weighted by Gasteiger charge is 2.19. The molecule has 1 rings (SSSR count). The van der Waals surface area contributed by atoms with E-state index in [1.54, 1.807) is 6.07 Å². The van der Waals surface area contributed by atoms with Crippen molar-refractivity contribution >= 4 is 23.1 Å². The first-order valence-electron chi connectivity index (χ1n) is 4.47. The van der Waals surface area contributed by atoms with Crippen LogP contribution in [0.15, 0.2) is 12.1 Å². The zero-order chi connectivity index (χ0) is 11.4. The second-order valence-electron chi connectivity index (χ2n) is 3.17. The van der Waals surface area contributed by atoms with Crippen LogP contribution in [-0.4, -0.2) is 24.9 Å². The van der Waals surface area contributed by atoms with Crippen molar-refractivity contribution in [3.63, 3.8) is 0 Å². The summed E-state index contributed by atoms with van der Waals surface area (Å²) in [5.41, 5.74) is 5.48. The summed E-state index contributed by atoms with van der Waals surface area (Å²) in [5.74, 6) is -0.678. The molecule has 15 heavy (non-hydrogen) atoms. The van der Waals surface area contributed by atoms with E-state index in [-0.39, 0.29) is 12.2 Å². The van der Waals surface area contributed by atoms with Crippen molar-refractivity contribution < 1.29 is 14.3 Å². The van der Waals surface area contributed by atoms with Crippen molar-refractivity contribution in [2.45, 2.75) is 19.4 Å². The van der Waals surface area contributed by atoms with Crippen LogP contribution < -0.4 is 5.73 Å². The summed E-state index contributed by atoms with van der Waals surface area (Å²) in [6, 6.07) is 2.73. The second kappa shape index (κ2) is 5.04. The van der Waals surface area contributed by atoms with E-state index < -0.39 is 12.0 Å². The number of carbonyl (C=O) groups excluding carboxylic acids is 2. The Morgan fingerprint density at radius 2 is 2.20 bits per heavy atom. The van der Waals surface area contributed by atoms with Crippen LogP contribution in [0.5, 0.6) is 0 Å². The lowest BCUT2D eigenvalue weighted by Crippen LogP contribution is -2.33. The number of rotatable bonds is 4. The average molecular weight is 227 g/mol. The van der Waals surface area contributed by atoms with E-state index >= 15 is 0 Å². The predicted octanol–water partition coefficient (Wildman–Crippen LogP) is 1.13. The van der Waals surface area contributed by atoms with Gasteiger partial charge in [-0.2, -0.15) is 0 Å². The Morgan fingerprint density at radius 3 is 2.67 bits per heavy atom. The molecule has 0 aliphatic carbocycles. The van der Waals surface area contributed by atoms with E-state index in [9.17, 15) is 9.59 Å². The molecule has 0 radical (unpaired) electrons. The van der Waals surface area contributed by atoms with E-state index in [1.807, 2.05) is 13.0 Å². The Balaban J connectivity index is 2.60. The number of thiophene rings is 1. The summed E-state index contributed by atoms with van der Waals surface area (Å²) >= 11 is 1.40. The minimum absolute atomic E-state index is 0.00731. The molecular formula is C10H13NO3S. The molecule has 82 valence electrons. The molecule has 1 unspecified atom stereocenters. The van der Waals surface area contributed by atoms with Crippen LogP contribution in [0.25, 0.3) is 0 Å². The fourth-order valence-electron chi connectivity index (χ4n) is 1.12. The quantitative estimate of drug-likeness (QED) is 0.618. The van der Waals surface area contributed by atoms with Gasteiger partial charge in [-0.15, -0.1) is 11.3 Å². The minimum Gasteiger partial charge on any atom is -0.468 e. The number of hydrogen-bond donors (Lipinski definition) is 1. The van der Waals surface area contributed by atoms with Crippen molar-refractivity contribution in [1.82, 2.24) is 0 Å². The smallest absolute Gasteiger partial charge is 0.323 e. The van der Waals surface area contributed by atoms with Gasteiger partial charge in [-0.05, 0) is 19.1 Å². The van der Waals surface area contributed by atoms with E-state index in [0.717, 1.165) is 4.88 Å². The van der Waals surface area contributed by atoms with Gasteiger partial charge < -0.3 is 10.5 Å². The first-order chi connectivity index (χ1) is 7.04. The molecular weight excluding hydrogens is 214 g/mol. The molecule has 0 saturated heterocycles. The number of nitrogens with two attached hydrogens (primary N) is 1. The Kier molecular flexibility index (Phi) is 3.99. The van der Waals surface area contributed by atoms with E-state index in [0.29, 0.717) is 4.88 Å². The summed E-state index contributed by atoms with van der Waals surface area (Å²) < 4.78 is 4.44. The molecule has 0 saturated carbocycles. The number of hydrogen-bond acceptors (Lipinski definition) is 5. The third kappa shape index (κ3) is 3.14. The maximum absolute atomic E-state index is 11.6. The van der Waals surface area contributed by atoms with Gasteiger partial charge in [0.15, 0.2) is 5.78 Å². The van der Waals surface area contributed by atoms with Gasteiger partial charge in [0.2, 0.25) is 0 Å². The van der Waals surface area contributed by atoms with Gasteiger partial charge in [0.25, 0.3) is 0 Å². The third-order valence-electron chi connectivity index (χ3n) is 1.92. The summed E-state index contributed by atoms with van der Waals surface area (Å²) in [7, 11) is 1.25. The highest BCUT2D eigenvalue weighted by atomic mass is 32.1. The molecule has 0 aliphatic heterocycles. The average Bonchev–Trinajstić information content (AvgIpc) is 2.63. The number of carbonyl (C=O) groups is 2. The molecule has 0 spiro atoms. The SMILES string of the molecule is COC(=O)C(N)CC(=O)c1ccc(C)s1. The van der Waals surface area contributed by atoms with Crippen LogP contribution in [0.2, 0.25) is 0 Å². The molecule has 0 aliphatic rings. The molecule has 1 aromatic heterocycles. The fourth-order valence-corrected chi connectivity index (χ4v) is 1.94. The van der Waals surface area contributed by atoms with Crippen molar-refractivity contribution in [2.24, 2.45) is 5.73 Å². The first kappa shape index (κ1) is 11.9. The summed E-state index contributed by atoms with van der Waals surface area (Å²) in [6.07, 6.45) is -0.00731. The predicted molar refractivity (Wildman–Crippen MR) is 58.0 cm³/mol. The number of ether oxygens (including phenoxy) is 1. The highest BCUT2D eigenvalue weighted by Crippen LogP contribution is 2.17. The van der Waals surface area contributed by atoms with Crippen LogP contribution >= 0.6 is 11.3 Å². The largest absolute Gasteiger partial charge is 0.468 e. The van der Waals surface area contributed by atoms with E-state index in [1.165, 1.54) is 18.4 Å². The van der Waals surface area contributed by atoms with Gasteiger partial charge in [-0.3, -0.25) is 9.59 Å². The third-order valence-corrected chi connectivity index (χ3v) is 2.97. The van der Waals surface area contributed by atoms with Gasteiger partial charge in [-0.1, -0.05) is 0 Å². The molecule has 1 atom stereocenters. The summed E-state index contributed by atoms with van der Waals surface area (Å²) in [6.45, 7) is 1.92. The van der Waals surface area contributed by atoms with Crippen molar-refractivity contribution in [1.29, 1.82) is 0 Å². The molecule has 0 amide bonds. The maximum Gasteiger partial charge on any atom is 0.323 e. The second-order valence-corrected chi connectivity index (χ2v) is 4.46. The Labute approximate surface area is 92.0 Å². The van der Waals surface area contributed by atoms with Gasteiger partial charge in [-0.25, -0.2) is 0 Å². The summed E-state index contributed by atoms with van der Waals surface area (Å²) in [5, 5.41) is 0. The molecule has 0 fully saturated rings. The normalized spacial score (nSPS) is 12.2. The highest BCUT2D eigenvalue weighted by molar-refractivity contribution is 7.14. The number of aryl methyl sites for hydroxylation is 1. The maximum atomic E-state index is 11.6. The lowest BCUT2D eigenvalue weighted by Gasteiger charge is -2.06. The minimum atomic E-state index is -0.870. The number of methoxy groups -OCH3 is 1. The van der Waals surface area contributed by atoms with Crippen LogP contribution in [0, 0.1) is 6.92 Å². The molecule has 0 aromatic carbocycles. The summed E-state index contributed by atoms with van der Waals surface area (Å²) in [4.78, 5) is 24.3. The Morgan fingerprint density at radius 1 is 1.53 bits per heavy atom. The van der Waals surface area contributed by atoms with Gasteiger partial charge in [0.05, 0.1) is 12.0 Å². The molecule has 2 N–H and O–H groups in total. The Bertz CT molecular complexity index is 372. The Hall–Kier alpha value is -1.20. The molecule has 1 aromatic rings. The molecule has 5 heteroatoms. The lowest BCUT2D eigenvalue weighted by molar-refractivity contribution is -0.142. The van der Waals surface area contributed by atoms with Crippen LogP contribution in [-0.2, 0) is 9.53 Å². The topological polar surface area (TPSA) is 69.4 Å². The van der Waals surface area contributed by atoms with E-state index in [4.69, 9.17) is 5.73 Å². The molecule has 4 nitrogen and oxygen atoms in total. The van der Waals surface area contributed by atoms with Crippen LogP contribution in [0.3, 0.4) is 0 Å². The van der Waals surface area contributed by atoms with Crippen LogP contribution in [0.4, 0.5) is 0 Å². The standard InChI is InChI=1S/C10H13NO3S/c1-6-3-4-9(15-6)8(12)5-7(11)10(13)14-2/h3-4,7H,5,11H2,1-2H3. The zero-order valence-electron chi connectivity index (χ0n) is 8.65. The van der Waals surface area contributed by atoms with Crippen molar-refractivity contribution in [3.05, 3.63) is 21.9 Å². The number of ketones is 1. The van der Waals surface area contributed by atoms with Crippen molar-refractivity contribution in [3.8, 4) is 0 Å².